The van der Waals surface area contributed by atoms with Gasteiger partial charge in [-0.2, -0.15) is 0 Å². The Morgan fingerprint density at radius 3 is 2.61 bits per heavy atom. The van der Waals surface area contributed by atoms with E-state index in [0.29, 0.717) is 24.5 Å². The number of carbonyl (C=O) groups is 1. The predicted molar refractivity (Wildman–Crippen MR) is 72.3 cm³/mol. The topological polar surface area (TPSA) is 40.5 Å². The van der Waals surface area contributed by atoms with Gasteiger partial charge >= 0.3 is 0 Å². The van der Waals surface area contributed by atoms with E-state index < -0.39 is 5.60 Å². The fourth-order valence-corrected chi connectivity index (χ4v) is 2.02. The van der Waals surface area contributed by atoms with Crippen molar-refractivity contribution in [3.63, 3.8) is 0 Å². The van der Waals surface area contributed by atoms with Crippen molar-refractivity contribution in [2.45, 2.75) is 18.9 Å². The third kappa shape index (κ3) is 2.92. The molecule has 4 heteroatoms. The molecule has 1 heterocycles. The average molecular weight is 266 g/mol. The van der Waals surface area contributed by atoms with E-state index in [1.807, 2.05) is 19.1 Å². The van der Waals surface area contributed by atoms with Crippen LogP contribution in [-0.4, -0.2) is 34.6 Å². The summed E-state index contributed by atoms with van der Waals surface area (Å²) in [4.78, 5) is 13.4. The third-order valence-corrected chi connectivity index (χ3v) is 3.48. The maximum atomic E-state index is 11.8. The normalized spacial score (nSPS) is 17.8. The Bertz CT molecular complexity index is 461. The van der Waals surface area contributed by atoms with E-state index in [2.05, 4.69) is 0 Å². The zero-order valence-corrected chi connectivity index (χ0v) is 11.0. The van der Waals surface area contributed by atoms with Gasteiger partial charge in [-0.3, -0.25) is 4.79 Å². The highest BCUT2D eigenvalue weighted by Gasteiger charge is 2.41. The van der Waals surface area contributed by atoms with Gasteiger partial charge in [-0.25, -0.2) is 0 Å². The highest BCUT2D eigenvalue weighted by Crippen LogP contribution is 2.24. The van der Waals surface area contributed by atoms with Crippen LogP contribution in [0.3, 0.4) is 0 Å². The maximum absolute atomic E-state index is 11.8. The summed E-state index contributed by atoms with van der Waals surface area (Å²) in [6.07, 6.45) is 3.96. The molecule has 1 amide bonds. The van der Waals surface area contributed by atoms with Crippen molar-refractivity contribution < 1.29 is 9.90 Å². The van der Waals surface area contributed by atoms with Gasteiger partial charge in [0.05, 0.1) is 18.7 Å². The first-order chi connectivity index (χ1) is 8.52. The molecule has 18 heavy (non-hydrogen) atoms. The Labute approximate surface area is 112 Å². The summed E-state index contributed by atoms with van der Waals surface area (Å²) in [7, 11) is 0. The second-order valence-electron chi connectivity index (χ2n) is 4.66. The molecule has 0 aliphatic carbocycles. The highest BCUT2D eigenvalue weighted by molar-refractivity contribution is 6.30. The lowest BCUT2D eigenvalue weighted by atomic mass is 9.91. The van der Waals surface area contributed by atoms with Crippen LogP contribution in [0.25, 0.3) is 6.08 Å². The van der Waals surface area contributed by atoms with E-state index in [4.69, 9.17) is 11.6 Å². The first-order valence-corrected chi connectivity index (χ1v) is 6.35. The van der Waals surface area contributed by atoms with E-state index in [0.717, 1.165) is 5.56 Å². The fourth-order valence-electron chi connectivity index (χ4n) is 1.89. The molecule has 0 radical (unpaired) electrons. The Hall–Kier alpha value is -1.32. The molecule has 3 nitrogen and oxygen atoms in total. The van der Waals surface area contributed by atoms with Gasteiger partial charge in [-0.05, 0) is 30.2 Å². The molecule has 1 saturated heterocycles. The van der Waals surface area contributed by atoms with Crippen LogP contribution in [-0.2, 0) is 4.79 Å². The van der Waals surface area contributed by atoms with Crippen molar-refractivity contribution in [1.82, 2.24) is 4.90 Å². The number of nitrogens with zero attached hydrogens (tertiary/aromatic N) is 1. The summed E-state index contributed by atoms with van der Waals surface area (Å²) < 4.78 is 0. The average Bonchev–Trinajstić information content (AvgIpc) is 2.34. The number of benzene rings is 1. The first kappa shape index (κ1) is 13.1. The molecule has 0 bridgehead atoms. The molecule has 1 aromatic rings. The molecule has 1 aliphatic heterocycles. The Balaban J connectivity index is 1.91. The van der Waals surface area contributed by atoms with Gasteiger partial charge in [-0.15, -0.1) is 0 Å². The number of halogens is 1. The van der Waals surface area contributed by atoms with E-state index in [1.54, 1.807) is 23.1 Å². The number of aliphatic hydroxyl groups is 1. The molecule has 0 aromatic heterocycles. The minimum absolute atomic E-state index is 0.0666. The van der Waals surface area contributed by atoms with Crippen LogP contribution in [0.1, 0.15) is 18.9 Å². The second-order valence-corrected chi connectivity index (χ2v) is 5.09. The fraction of sp³-hybridized carbons (Fsp3) is 0.357. The molecule has 1 aliphatic rings. The summed E-state index contributed by atoms with van der Waals surface area (Å²) in [6.45, 7) is 2.77. The Morgan fingerprint density at radius 1 is 1.44 bits per heavy atom. The molecule has 1 aromatic carbocycles. The summed E-state index contributed by atoms with van der Waals surface area (Å²) in [5, 5.41) is 10.5. The second kappa shape index (κ2) is 5.12. The number of rotatable bonds is 3. The van der Waals surface area contributed by atoms with Gasteiger partial charge in [0.1, 0.15) is 0 Å². The third-order valence-electron chi connectivity index (χ3n) is 3.23. The molecule has 0 atom stereocenters. The van der Waals surface area contributed by atoms with Crippen molar-refractivity contribution >= 4 is 23.6 Å². The zero-order chi connectivity index (χ0) is 13.2. The lowest BCUT2D eigenvalue weighted by Gasteiger charge is -2.45. The lowest BCUT2D eigenvalue weighted by molar-refractivity contribution is -0.150. The quantitative estimate of drug-likeness (QED) is 0.853. The number of amides is 1. The summed E-state index contributed by atoms with van der Waals surface area (Å²) in [6, 6.07) is 7.27. The van der Waals surface area contributed by atoms with Crippen LogP contribution in [0.4, 0.5) is 0 Å². The van der Waals surface area contributed by atoms with Gasteiger partial charge in [0.15, 0.2) is 0 Å². The van der Waals surface area contributed by atoms with Crippen molar-refractivity contribution in [1.29, 1.82) is 0 Å². The van der Waals surface area contributed by atoms with E-state index in [-0.39, 0.29) is 5.91 Å². The Morgan fingerprint density at radius 2 is 2.06 bits per heavy atom. The minimum Gasteiger partial charge on any atom is -0.386 e. The maximum Gasteiger partial charge on any atom is 0.246 e. The highest BCUT2D eigenvalue weighted by atomic mass is 35.5. The smallest absolute Gasteiger partial charge is 0.246 e. The van der Waals surface area contributed by atoms with E-state index in [1.165, 1.54) is 6.08 Å². The molecule has 0 unspecified atom stereocenters. The first-order valence-electron chi connectivity index (χ1n) is 5.97. The van der Waals surface area contributed by atoms with Crippen LogP contribution in [0.2, 0.25) is 5.02 Å². The van der Waals surface area contributed by atoms with E-state index >= 15 is 0 Å². The summed E-state index contributed by atoms with van der Waals surface area (Å²) in [5.74, 6) is -0.0666. The van der Waals surface area contributed by atoms with Crippen molar-refractivity contribution in [2.24, 2.45) is 0 Å². The SMILES string of the molecule is CCC1(O)CN(C(=O)C=Cc2ccc(Cl)cc2)C1. The molecule has 0 spiro atoms. The van der Waals surface area contributed by atoms with E-state index in [9.17, 15) is 9.90 Å². The molecule has 1 N–H and O–H groups in total. The molecule has 2 rings (SSSR count). The Kier molecular flexibility index (Phi) is 3.73. The predicted octanol–water partition coefficient (Wildman–Crippen LogP) is 2.34. The monoisotopic (exact) mass is 265 g/mol. The largest absolute Gasteiger partial charge is 0.386 e. The van der Waals surface area contributed by atoms with Gasteiger partial charge in [0, 0.05) is 11.1 Å². The van der Waals surface area contributed by atoms with Crippen LogP contribution >= 0.6 is 11.6 Å². The van der Waals surface area contributed by atoms with Crippen LogP contribution in [0.15, 0.2) is 30.3 Å². The van der Waals surface area contributed by atoms with Gasteiger partial charge < -0.3 is 10.0 Å². The molecule has 96 valence electrons. The zero-order valence-electron chi connectivity index (χ0n) is 10.3. The number of carbonyl (C=O) groups excluding carboxylic acids is 1. The lowest BCUT2D eigenvalue weighted by Crippen LogP contribution is -2.62. The van der Waals surface area contributed by atoms with Crippen LogP contribution < -0.4 is 0 Å². The number of likely N-dealkylation sites (tertiary alicyclic amines) is 1. The van der Waals surface area contributed by atoms with Crippen LogP contribution in [0.5, 0.6) is 0 Å². The number of hydrogen-bond donors (Lipinski definition) is 1. The summed E-state index contributed by atoms with van der Waals surface area (Å²) in [5.41, 5.74) is 0.253. The van der Waals surface area contributed by atoms with Crippen LogP contribution in [0, 0.1) is 0 Å². The van der Waals surface area contributed by atoms with Crippen molar-refractivity contribution in [2.75, 3.05) is 13.1 Å². The number of β-amino-alcohol motifs (C(OH)–C–C–N with tert-alkyl or cyclic N) is 1. The van der Waals surface area contributed by atoms with Crippen molar-refractivity contribution in [3.05, 3.63) is 40.9 Å². The number of hydrogen-bond acceptors (Lipinski definition) is 2. The standard InChI is InChI=1S/C14H16ClNO2/c1-2-14(18)9-16(10-14)13(17)8-5-11-3-6-12(15)7-4-11/h3-8,18H,2,9-10H2,1H3. The summed E-state index contributed by atoms with van der Waals surface area (Å²) >= 11 is 5.78. The van der Waals surface area contributed by atoms with Crippen molar-refractivity contribution in [3.8, 4) is 0 Å². The molecule has 1 fully saturated rings. The molecular formula is C14H16ClNO2. The minimum atomic E-state index is -0.677. The van der Waals surface area contributed by atoms with Gasteiger partial charge in [0.2, 0.25) is 5.91 Å². The van der Waals surface area contributed by atoms with Gasteiger partial charge in [-0.1, -0.05) is 30.7 Å². The van der Waals surface area contributed by atoms with Gasteiger partial charge in [0.25, 0.3) is 0 Å². The molecule has 0 saturated carbocycles. The molecular weight excluding hydrogens is 250 g/mol.